The molecule has 0 rings (SSSR count). The van der Waals surface area contributed by atoms with E-state index in [1.54, 1.807) is 0 Å². The Kier molecular flexibility index (Phi) is 31.1. The van der Waals surface area contributed by atoms with Crippen LogP contribution in [0.3, 0.4) is 0 Å². The molecule has 0 amide bonds. The molecule has 0 aromatic rings. The lowest BCUT2D eigenvalue weighted by Crippen LogP contribution is -2.13. The molecule has 2 atom stereocenters. The number of rotatable bonds is 26. The molecule has 0 bridgehead atoms. The Hall–Kier alpha value is -1.06. The van der Waals surface area contributed by atoms with Gasteiger partial charge in [-0.05, 0) is 25.7 Å². The molecular formula is C32H64O4. The van der Waals surface area contributed by atoms with Crippen LogP contribution in [0.25, 0.3) is 0 Å². The number of hydrogen-bond acceptors (Lipinski definition) is 2. The lowest BCUT2D eigenvalue weighted by Gasteiger charge is -2.11. The van der Waals surface area contributed by atoms with Gasteiger partial charge >= 0.3 is 11.9 Å². The topological polar surface area (TPSA) is 74.6 Å². The molecule has 0 heterocycles. The number of aliphatic carboxylic acids is 2. The average molecular weight is 513 g/mol. The first kappa shape index (κ1) is 37.1. The molecule has 0 radical (unpaired) electrons. The molecule has 4 heteroatoms. The molecule has 0 spiro atoms. The van der Waals surface area contributed by atoms with Gasteiger partial charge in [0.05, 0.1) is 11.8 Å². The van der Waals surface area contributed by atoms with Crippen LogP contribution < -0.4 is 0 Å². The van der Waals surface area contributed by atoms with E-state index in [4.69, 9.17) is 10.2 Å². The summed E-state index contributed by atoms with van der Waals surface area (Å²) in [4.78, 5) is 22.0. The summed E-state index contributed by atoms with van der Waals surface area (Å²) >= 11 is 0. The third-order valence-electron chi connectivity index (χ3n) is 7.30. The van der Waals surface area contributed by atoms with Crippen molar-refractivity contribution in [1.82, 2.24) is 0 Å². The molecule has 2 unspecified atom stereocenters. The zero-order valence-electron chi connectivity index (χ0n) is 24.8. The fourth-order valence-corrected chi connectivity index (χ4v) is 4.81. The minimum atomic E-state index is -0.601. The van der Waals surface area contributed by atoms with Crippen molar-refractivity contribution >= 4 is 11.9 Å². The van der Waals surface area contributed by atoms with Crippen molar-refractivity contribution in [3.63, 3.8) is 0 Å². The van der Waals surface area contributed by atoms with Crippen LogP contribution in [0, 0.1) is 11.8 Å². The number of hydrogen-bond donors (Lipinski definition) is 2. The van der Waals surface area contributed by atoms with Crippen molar-refractivity contribution in [1.29, 1.82) is 0 Å². The molecular weight excluding hydrogens is 448 g/mol. The maximum Gasteiger partial charge on any atom is 0.306 e. The van der Waals surface area contributed by atoms with E-state index >= 15 is 0 Å². The van der Waals surface area contributed by atoms with Gasteiger partial charge in [-0.15, -0.1) is 0 Å². The highest BCUT2D eigenvalue weighted by Crippen LogP contribution is 2.19. The predicted molar refractivity (Wildman–Crippen MR) is 156 cm³/mol. The van der Waals surface area contributed by atoms with Crippen LogP contribution in [0.1, 0.15) is 182 Å². The van der Waals surface area contributed by atoms with Gasteiger partial charge in [0, 0.05) is 0 Å². The third-order valence-corrected chi connectivity index (χ3v) is 7.30. The highest BCUT2D eigenvalue weighted by Gasteiger charge is 2.16. The summed E-state index contributed by atoms with van der Waals surface area (Å²) in [6.45, 7) is 8.67. The van der Waals surface area contributed by atoms with Gasteiger partial charge in [0.2, 0.25) is 0 Å². The van der Waals surface area contributed by atoms with Gasteiger partial charge < -0.3 is 10.2 Å². The summed E-state index contributed by atoms with van der Waals surface area (Å²) in [5, 5.41) is 18.1. The van der Waals surface area contributed by atoms with Gasteiger partial charge in [0.25, 0.3) is 0 Å². The van der Waals surface area contributed by atoms with E-state index < -0.39 is 11.9 Å². The Bertz CT molecular complexity index is 463. The second-order valence-electron chi connectivity index (χ2n) is 10.9. The van der Waals surface area contributed by atoms with E-state index in [1.807, 2.05) is 0 Å². The Morgan fingerprint density at radius 2 is 0.667 bits per heavy atom. The Balaban J connectivity index is 0. The standard InChI is InChI=1S/2C16H32O2/c1-3-5-6-7-8-9-10-11-12-14-15(13-4-2)16(17)18;1-3-5-7-8-9-10-11-12-14-15(16(17)18)13-6-4-2/h2*15H,3-14H2,1-2H3,(H,17,18). The summed E-state index contributed by atoms with van der Waals surface area (Å²) in [5.41, 5.74) is 0. The maximum atomic E-state index is 11.0. The second kappa shape index (κ2) is 30.2. The van der Waals surface area contributed by atoms with E-state index in [2.05, 4.69) is 27.7 Å². The number of carboxylic acid groups (broad SMARTS) is 2. The molecule has 0 aliphatic rings. The summed E-state index contributed by atoms with van der Waals surface area (Å²) in [6, 6.07) is 0. The Morgan fingerprint density at radius 3 is 0.972 bits per heavy atom. The van der Waals surface area contributed by atoms with Gasteiger partial charge in [-0.2, -0.15) is 0 Å². The van der Waals surface area contributed by atoms with E-state index in [9.17, 15) is 9.59 Å². The van der Waals surface area contributed by atoms with E-state index in [0.29, 0.717) is 0 Å². The van der Waals surface area contributed by atoms with E-state index in [0.717, 1.165) is 57.8 Å². The molecule has 4 nitrogen and oxygen atoms in total. The van der Waals surface area contributed by atoms with Gasteiger partial charge in [0.1, 0.15) is 0 Å². The highest BCUT2D eigenvalue weighted by atomic mass is 16.4. The maximum absolute atomic E-state index is 11.0. The zero-order valence-corrected chi connectivity index (χ0v) is 24.8. The predicted octanol–water partition coefficient (Wildman–Crippen LogP) is 10.8. The fourth-order valence-electron chi connectivity index (χ4n) is 4.81. The molecule has 36 heavy (non-hydrogen) atoms. The van der Waals surface area contributed by atoms with Crippen molar-refractivity contribution in [2.45, 2.75) is 182 Å². The first-order chi connectivity index (χ1) is 17.4. The van der Waals surface area contributed by atoms with Crippen LogP contribution >= 0.6 is 0 Å². The molecule has 216 valence electrons. The van der Waals surface area contributed by atoms with Crippen molar-refractivity contribution in [3.8, 4) is 0 Å². The number of carboxylic acids is 2. The molecule has 0 aliphatic heterocycles. The van der Waals surface area contributed by atoms with Crippen LogP contribution in [-0.4, -0.2) is 22.2 Å². The number of carbonyl (C=O) groups is 2. The monoisotopic (exact) mass is 512 g/mol. The fraction of sp³-hybridized carbons (Fsp3) is 0.938. The largest absolute Gasteiger partial charge is 0.481 e. The normalized spacial score (nSPS) is 12.6. The minimum Gasteiger partial charge on any atom is -0.481 e. The van der Waals surface area contributed by atoms with Crippen LogP contribution in [-0.2, 0) is 9.59 Å². The van der Waals surface area contributed by atoms with Gasteiger partial charge in [-0.3, -0.25) is 9.59 Å². The van der Waals surface area contributed by atoms with Crippen LogP contribution in [0.4, 0.5) is 0 Å². The highest BCUT2D eigenvalue weighted by molar-refractivity contribution is 5.70. The number of unbranched alkanes of at least 4 members (excludes halogenated alkanes) is 16. The van der Waals surface area contributed by atoms with Crippen molar-refractivity contribution in [2.75, 3.05) is 0 Å². The van der Waals surface area contributed by atoms with Crippen molar-refractivity contribution in [2.24, 2.45) is 11.8 Å². The molecule has 0 fully saturated rings. The van der Waals surface area contributed by atoms with Crippen LogP contribution in [0.2, 0.25) is 0 Å². The molecule has 2 N–H and O–H groups in total. The van der Waals surface area contributed by atoms with Crippen molar-refractivity contribution < 1.29 is 19.8 Å². The van der Waals surface area contributed by atoms with Crippen molar-refractivity contribution in [3.05, 3.63) is 0 Å². The van der Waals surface area contributed by atoms with E-state index in [1.165, 1.54) is 96.3 Å². The van der Waals surface area contributed by atoms with Gasteiger partial charge in [0.15, 0.2) is 0 Å². The molecule has 0 aliphatic carbocycles. The first-order valence-electron chi connectivity index (χ1n) is 15.9. The molecule has 0 saturated carbocycles. The lowest BCUT2D eigenvalue weighted by atomic mass is 9.95. The summed E-state index contributed by atoms with van der Waals surface area (Å²) in [7, 11) is 0. The Morgan fingerprint density at radius 1 is 0.389 bits per heavy atom. The van der Waals surface area contributed by atoms with Crippen LogP contribution in [0.15, 0.2) is 0 Å². The first-order valence-corrected chi connectivity index (χ1v) is 15.9. The SMILES string of the molecule is CCCCCCCCCCC(CCCC)C(=O)O.CCCCCCCCCCCC(CCC)C(=O)O. The second-order valence-corrected chi connectivity index (χ2v) is 10.9. The Labute approximate surface area is 225 Å². The van der Waals surface area contributed by atoms with Crippen LogP contribution in [0.5, 0.6) is 0 Å². The smallest absolute Gasteiger partial charge is 0.306 e. The summed E-state index contributed by atoms with van der Waals surface area (Å²) in [5.74, 6) is -1.38. The molecule has 0 aromatic carbocycles. The third kappa shape index (κ3) is 27.5. The zero-order chi connectivity index (χ0) is 27.3. The van der Waals surface area contributed by atoms with E-state index in [-0.39, 0.29) is 11.8 Å². The lowest BCUT2D eigenvalue weighted by molar-refractivity contribution is -0.143. The quantitative estimate of drug-likeness (QED) is 0.113. The molecule has 0 aromatic heterocycles. The minimum absolute atomic E-state index is 0.0926. The van der Waals surface area contributed by atoms with Gasteiger partial charge in [-0.25, -0.2) is 0 Å². The summed E-state index contributed by atoms with van der Waals surface area (Å²) < 4.78 is 0. The van der Waals surface area contributed by atoms with Gasteiger partial charge in [-0.1, -0.05) is 156 Å². The molecule has 0 saturated heterocycles. The summed E-state index contributed by atoms with van der Waals surface area (Å²) in [6.07, 6.45) is 28.6. The average Bonchev–Trinajstić information content (AvgIpc) is 2.85.